The van der Waals surface area contributed by atoms with Gasteiger partial charge in [0.15, 0.2) is 0 Å². The normalized spacial score (nSPS) is 16.2. The molecule has 6 heteroatoms. The average molecular weight is 352 g/mol. The van der Waals surface area contributed by atoms with Gasteiger partial charge in [-0.25, -0.2) is 4.98 Å². The topological polar surface area (TPSA) is 45.7 Å². The average Bonchev–Trinajstić information content (AvgIpc) is 2.54. The summed E-state index contributed by atoms with van der Waals surface area (Å²) in [4.78, 5) is 21.5. The molecule has 2 heterocycles. The molecule has 1 amide bonds. The number of carbonyl (C=O) groups excluding carboxylic acids is 1. The lowest BCUT2D eigenvalue weighted by molar-refractivity contribution is 0.0405. The molecule has 1 fully saturated rings. The molecule has 0 aliphatic carbocycles. The van der Waals surface area contributed by atoms with E-state index in [4.69, 9.17) is 4.74 Å². The van der Waals surface area contributed by atoms with Gasteiger partial charge in [0, 0.05) is 44.2 Å². The molecule has 5 nitrogen and oxygen atoms in total. The van der Waals surface area contributed by atoms with Crippen LogP contribution in [0.1, 0.15) is 38.1 Å². The Hall–Kier alpha value is -1.11. The monoisotopic (exact) mass is 351 g/mol. The van der Waals surface area contributed by atoms with E-state index in [2.05, 4.69) is 37.6 Å². The maximum absolute atomic E-state index is 12.8. The quantitative estimate of drug-likeness (QED) is 0.707. The van der Waals surface area contributed by atoms with Crippen LogP contribution in [0.5, 0.6) is 0 Å². The second-order valence-electron chi connectivity index (χ2n) is 6.58. The number of aromatic nitrogens is 1. The van der Waals surface area contributed by atoms with Crippen LogP contribution in [0.15, 0.2) is 23.4 Å². The van der Waals surface area contributed by atoms with E-state index in [9.17, 15) is 4.79 Å². The van der Waals surface area contributed by atoms with Crippen LogP contribution in [-0.4, -0.2) is 71.4 Å². The lowest BCUT2D eigenvalue weighted by atomic mass is 10.2. The van der Waals surface area contributed by atoms with Crippen LogP contribution in [0.25, 0.3) is 0 Å². The van der Waals surface area contributed by atoms with Crippen molar-refractivity contribution in [2.24, 2.45) is 0 Å². The molecule has 1 aromatic heterocycles. The third-order valence-electron chi connectivity index (χ3n) is 3.87. The number of carbonyl (C=O) groups is 1. The zero-order valence-electron chi connectivity index (χ0n) is 15.2. The zero-order valence-corrected chi connectivity index (χ0v) is 16.0. The first-order chi connectivity index (χ1) is 11.5. The highest BCUT2D eigenvalue weighted by molar-refractivity contribution is 7.99. The molecule has 0 aromatic carbocycles. The smallest absolute Gasteiger partial charge is 0.256 e. The van der Waals surface area contributed by atoms with Crippen LogP contribution in [0.3, 0.4) is 0 Å². The van der Waals surface area contributed by atoms with Crippen LogP contribution in [-0.2, 0) is 4.74 Å². The number of thioether (sulfide) groups is 1. The van der Waals surface area contributed by atoms with Crippen molar-refractivity contribution in [2.75, 3.05) is 39.3 Å². The van der Waals surface area contributed by atoms with Crippen LogP contribution < -0.4 is 0 Å². The van der Waals surface area contributed by atoms with Gasteiger partial charge in [-0.15, -0.1) is 11.8 Å². The van der Waals surface area contributed by atoms with Gasteiger partial charge in [0.05, 0.1) is 18.3 Å². The molecule has 1 aliphatic heterocycles. The third kappa shape index (κ3) is 5.76. The van der Waals surface area contributed by atoms with Crippen molar-refractivity contribution in [3.05, 3.63) is 23.9 Å². The molecule has 0 atom stereocenters. The SMILES string of the molecule is CC(C)OCCN1CCN(C(=O)c2cccnc2SC(C)C)CC1. The van der Waals surface area contributed by atoms with Crippen molar-refractivity contribution in [3.8, 4) is 0 Å². The van der Waals surface area contributed by atoms with E-state index in [0.29, 0.717) is 5.25 Å². The fourth-order valence-electron chi connectivity index (χ4n) is 2.63. The second kappa shape index (κ2) is 9.39. The van der Waals surface area contributed by atoms with Gasteiger partial charge >= 0.3 is 0 Å². The van der Waals surface area contributed by atoms with Gasteiger partial charge < -0.3 is 9.64 Å². The van der Waals surface area contributed by atoms with Crippen molar-refractivity contribution in [1.29, 1.82) is 0 Å². The van der Waals surface area contributed by atoms with Crippen LogP contribution in [0.2, 0.25) is 0 Å². The maximum Gasteiger partial charge on any atom is 0.256 e. The zero-order chi connectivity index (χ0) is 17.5. The van der Waals surface area contributed by atoms with Gasteiger partial charge in [0.25, 0.3) is 5.91 Å². The lowest BCUT2D eigenvalue weighted by Crippen LogP contribution is -2.49. The molecule has 24 heavy (non-hydrogen) atoms. The Morgan fingerprint density at radius 1 is 1.25 bits per heavy atom. The highest BCUT2D eigenvalue weighted by atomic mass is 32.2. The number of amides is 1. The van der Waals surface area contributed by atoms with Crippen LogP contribution >= 0.6 is 11.8 Å². The molecule has 0 saturated carbocycles. The minimum atomic E-state index is 0.101. The van der Waals surface area contributed by atoms with E-state index < -0.39 is 0 Å². The summed E-state index contributed by atoms with van der Waals surface area (Å²) in [6.45, 7) is 13.4. The van der Waals surface area contributed by atoms with Crippen LogP contribution in [0.4, 0.5) is 0 Å². The molecular formula is C18H29N3O2S. The summed E-state index contributed by atoms with van der Waals surface area (Å²) in [7, 11) is 0. The molecule has 2 rings (SSSR count). The Labute approximate surface area is 149 Å². The lowest BCUT2D eigenvalue weighted by Gasteiger charge is -2.35. The summed E-state index contributed by atoms with van der Waals surface area (Å²) < 4.78 is 5.61. The molecule has 1 saturated heterocycles. The minimum absolute atomic E-state index is 0.101. The number of rotatable bonds is 7. The predicted molar refractivity (Wildman–Crippen MR) is 98.7 cm³/mol. The first-order valence-electron chi connectivity index (χ1n) is 8.72. The van der Waals surface area contributed by atoms with Crippen molar-refractivity contribution in [2.45, 2.75) is 44.1 Å². The standard InChI is InChI=1S/C18H29N3O2S/c1-14(2)23-13-12-20-8-10-21(11-9-20)18(22)16-6-5-7-19-17(16)24-15(3)4/h5-7,14-15H,8-13H2,1-4H3. The number of nitrogens with zero attached hydrogens (tertiary/aromatic N) is 3. The molecule has 0 radical (unpaired) electrons. The first-order valence-corrected chi connectivity index (χ1v) is 9.60. The summed E-state index contributed by atoms with van der Waals surface area (Å²) >= 11 is 1.65. The molecule has 0 unspecified atom stereocenters. The summed E-state index contributed by atoms with van der Waals surface area (Å²) in [5.74, 6) is 0.101. The molecule has 0 bridgehead atoms. The predicted octanol–water partition coefficient (Wildman–Crippen LogP) is 2.76. The summed E-state index contributed by atoms with van der Waals surface area (Å²) in [5, 5.41) is 1.24. The van der Waals surface area contributed by atoms with Crippen molar-refractivity contribution >= 4 is 17.7 Å². The van der Waals surface area contributed by atoms with Crippen LogP contribution in [0, 0.1) is 0 Å². The number of hydrogen-bond acceptors (Lipinski definition) is 5. The molecule has 134 valence electrons. The number of pyridine rings is 1. The van der Waals surface area contributed by atoms with E-state index in [1.54, 1.807) is 18.0 Å². The second-order valence-corrected chi connectivity index (χ2v) is 8.14. The largest absolute Gasteiger partial charge is 0.377 e. The van der Waals surface area contributed by atoms with E-state index in [-0.39, 0.29) is 12.0 Å². The van der Waals surface area contributed by atoms with Gasteiger partial charge in [-0.05, 0) is 26.0 Å². The van der Waals surface area contributed by atoms with E-state index >= 15 is 0 Å². The van der Waals surface area contributed by atoms with Gasteiger partial charge in [0.2, 0.25) is 0 Å². The highest BCUT2D eigenvalue weighted by Gasteiger charge is 2.24. The summed E-state index contributed by atoms with van der Waals surface area (Å²) in [5.41, 5.74) is 0.729. The molecule has 1 aliphatic rings. The van der Waals surface area contributed by atoms with E-state index in [1.807, 2.05) is 17.0 Å². The summed E-state index contributed by atoms with van der Waals surface area (Å²) in [6, 6.07) is 3.74. The molecule has 0 spiro atoms. The fourth-order valence-corrected chi connectivity index (χ4v) is 3.48. The minimum Gasteiger partial charge on any atom is -0.377 e. The third-order valence-corrected chi connectivity index (χ3v) is 4.89. The van der Waals surface area contributed by atoms with Crippen molar-refractivity contribution in [3.63, 3.8) is 0 Å². The van der Waals surface area contributed by atoms with E-state index in [0.717, 1.165) is 49.9 Å². The molecule has 0 N–H and O–H groups in total. The Balaban J connectivity index is 1.89. The fraction of sp³-hybridized carbons (Fsp3) is 0.667. The van der Waals surface area contributed by atoms with Gasteiger partial charge in [-0.1, -0.05) is 13.8 Å². The Kier molecular flexibility index (Phi) is 7.52. The Morgan fingerprint density at radius 2 is 1.96 bits per heavy atom. The van der Waals surface area contributed by atoms with E-state index in [1.165, 1.54) is 0 Å². The van der Waals surface area contributed by atoms with Gasteiger partial charge in [-0.3, -0.25) is 9.69 Å². The Morgan fingerprint density at radius 3 is 2.58 bits per heavy atom. The number of ether oxygens (including phenoxy) is 1. The van der Waals surface area contributed by atoms with Gasteiger partial charge in [-0.2, -0.15) is 0 Å². The maximum atomic E-state index is 12.8. The molecular weight excluding hydrogens is 322 g/mol. The first kappa shape index (κ1) is 19.2. The Bertz CT molecular complexity index is 529. The van der Waals surface area contributed by atoms with Crippen molar-refractivity contribution < 1.29 is 9.53 Å². The molecule has 1 aromatic rings. The summed E-state index contributed by atoms with van der Waals surface area (Å²) in [6.07, 6.45) is 2.03. The number of piperazine rings is 1. The highest BCUT2D eigenvalue weighted by Crippen LogP contribution is 2.25. The number of hydrogen-bond donors (Lipinski definition) is 0. The van der Waals surface area contributed by atoms with Gasteiger partial charge in [0.1, 0.15) is 5.03 Å². The van der Waals surface area contributed by atoms with Crippen molar-refractivity contribution in [1.82, 2.24) is 14.8 Å².